The fourth-order valence-electron chi connectivity index (χ4n) is 5.95. The van der Waals surface area contributed by atoms with E-state index in [1.54, 1.807) is 0 Å². The van der Waals surface area contributed by atoms with Crippen molar-refractivity contribution in [3.8, 4) is 11.3 Å². The normalized spacial score (nSPS) is 16.5. The molecule has 0 spiro atoms. The minimum absolute atomic E-state index is 0.0275. The molecule has 0 saturated carbocycles. The maximum Gasteiger partial charge on any atom is 0.255 e. The quantitative estimate of drug-likeness (QED) is 0.317. The highest BCUT2D eigenvalue weighted by Crippen LogP contribution is 2.48. The standard InChI is InChI=1S/C33H38N4O2/c1-6-22(2)29(32(38)34-20-21-35(3)4)37-31(24-16-10-11-17-25(24)33(37)39)28-26-18-12-13-19-27(26)36(5)30(28)23-14-8-7-9-15-23/h7-19,22,29,31H,6,20-21H2,1-5H3,(H,34,38). The number of hydrogen-bond donors (Lipinski definition) is 1. The van der Waals surface area contributed by atoms with Gasteiger partial charge in [0.25, 0.3) is 5.91 Å². The van der Waals surface area contributed by atoms with Crippen LogP contribution in [0.1, 0.15) is 47.8 Å². The Kier molecular flexibility index (Phi) is 7.58. The lowest BCUT2D eigenvalue weighted by Crippen LogP contribution is -2.52. The van der Waals surface area contributed by atoms with Crippen molar-refractivity contribution in [3.05, 3.63) is 95.6 Å². The first-order valence-corrected chi connectivity index (χ1v) is 13.8. The molecule has 0 fully saturated rings. The minimum atomic E-state index is -0.607. The number of aryl methyl sites for hydroxylation is 1. The fraction of sp³-hybridized carbons (Fsp3) is 0.333. The van der Waals surface area contributed by atoms with Crippen LogP contribution in [0.5, 0.6) is 0 Å². The number of amides is 2. The monoisotopic (exact) mass is 522 g/mol. The average molecular weight is 523 g/mol. The summed E-state index contributed by atoms with van der Waals surface area (Å²) in [6.07, 6.45) is 0.777. The van der Waals surface area contributed by atoms with Gasteiger partial charge >= 0.3 is 0 Å². The highest BCUT2D eigenvalue weighted by molar-refractivity contribution is 6.04. The van der Waals surface area contributed by atoms with E-state index in [2.05, 4.69) is 55.0 Å². The van der Waals surface area contributed by atoms with Crippen LogP contribution in [0.2, 0.25) is 0 Å². The molecule has 0 bridgehead atoms. The Morgan fingerprint density at radius 3 is 2.36 bits per heavy atom. The van der Waals surface area contributed by atoms with E-state index in [4.69, 9.17) is 0 Å². The molecule has 3 aromatic carbocycles. The van der Waals surface area contributed by atoms with E-state index in [-0.39, 0.29) is 17.7 Å². The van der Waals surface area contributed by atoms with Gasteiger partial charge in [-0.3, -0.25) is 9.59 Å². The fourth-order valence-corrected chi connectivity index (χ4v) is 5.95. The smallest absolute Gasteiger partial charge is 0.255 e. The third-order valence-corrected chi connectivity index (χ3v) is 8.07. The van der Waals surface area contributed by atoms with E-state index in [0.717, 1.165) is 46.3 Å². The molecule has 0 aliphatic carbocycles. The summed E-state index contributed by atoms with van der Waals surface area (Å²) in [7, 11) is 6.06. The Bertz CT molecular complexity index is 1490. The summed E-state index contributed by atoms with van der Waals surface area (Å²) in [5.41, 5.74) is 5.92. The predicted octanol–water partition coefficient (Wildman–Crippen LogP) is 5.48. The van der Waals surface area contributed by atoms with Gasteiger partial charge in [-0.1, -0.05) is 87.0 Å². The van der Waals surface area contributed by atoms with Crippen LogP contribution in [0.4, 0.5) is 0 Å². The second-order valence-electron chi connectivity index (χ2n) is 10.8. The molecule has 4 aromatic rings. The van der Waals surface area contributed by atoms with Crippen molar-refractivity contribution in [2.75, 3.05) is 27.2 Å². The minimum Gasteiger partial charge on any atom is -0.353 e. The van der Waals surface area contributed by atoms with Gasteiger partial charge in [-0.25, -0.2) is 0 Å². The summed E-state index contributed by atoms with van der Waals surface area (Å²) >= 11 is 0. The first-order chi connectivity index (χ1) is 18.8. The van der Waals surface area contributed by atoms with Gasteiger partial charge in [0.05, 0.1) is 11.7 Å². The summed E-state index contributed by atoms with van der Waals surface area (Å²) in [5, 5.41) is 4.23. The average Bonchev–Trinajstić information content (AvgIpc) is 3.39. The molecule has 202 valence electrons. The molecule has 0 radical (unpaired) electrons. The first-order valence-electron chi connectivity index (χ1n) is 13.8. The zero-order valence-corrected chi connectivity index (χ0v) is 23.5. The Morgan fingerprint density at radius 1 is 0.974 bits per heavy atom. The Labute approximate surface area is 231 Å². The van der Waals surface area contributed by atoms with Crippen molar-refractivity contribution in [3.63, 3.8) is 0 Å². The van der Waals surface area contributed by atoms with Crippen molar-refractivity contribution in [2.24, 2.45) is 13.0 Å². The number of aromatic nitrogens is 1. The maximum atomic E-state index is 14.3. The first kappa shape index (κ1) is 26.7. The van der Waals surface area contributed by atoms with Gasteiger partial charge < -0.3 is 19.7 Å². The van der Waals surface area contributed by atoms with Crippen molar-refractivity contribution >= 4 is 22.7 Å². The molecule has 1 N–H and O–H groups in total. The van der Waals surface area contributed by atoms with E-state index >= 15 is 0 Å². The molecule has 2 amide bonds. The number of carbonyl (C=O) groups is 2. The predicted molar refractivity (Wildman–Crippen MR) is 158 cm³/mol. The van der Waals surface area contributed by atoms with Crippen LogP contribution in [0.15, 0.2) is 78.9 Å². The van der Waals surface area contributed by atoms with Crippen LogP contribution in [0.25, 0.3) is 22.2 Å². The molecule has 6 heteroatoms. The van der Waals surface area contributed by atoms with Gasteiger partial charge in [0.15, 0.2) is 0 Å². The zero-order chi connectivity index (χ0) is 27.7. The van der Waals surface area contributed by atoms with Crippen LogP contribution in [0.3, 0.4) is 0 Å². The lowest BCUT2D eigenvalue weighted by atomic mass is 9.90. The SMILES string of the molecule is CCC(C)C(C(=O)NCCN(C)C)N1C(=O)c2ccccc2C1c1c(-c2ccccc2)n(C)c2ccccc12. The summed E-state index contributed by atoms with van der Waals surface area (Å²) in [5.74, 6) is -0.213. The molecule has 1 aliphatic heterocycles. The molecule has 6 nitrogen and oxygen atoms in total. The Balaban J connectivity index is 1.74. The van der Waals surface area contributed by atoms with E-state index in [0.29, 0.717) is 12.1 Å². The molecule has 2 heterocycles. The van der Waals surface area contributed by atoms with Crippen LogP contribution in [-0.2, 0) is 11.8 Å². The number of benzene rings is 3. The number of nitrogens with one attached hydrogen (secondary N) is 1. The summed E-state index contributed by atoms with van der Waals surface area (Å²) in [4.78, 5) is 32.0. The van der Waals surface area contributed by atoms with Crippen LogP contribution < -0.4 is 5.32 Å². The number of rotatable bonds is 9. The molecule has 3 atom stereocenters. The molecule has 3 unspecified atom stereocenters. The number of para-hydroxylation sites is 1. The molecule has 1 aromatic heterocycles. The van der Waals surface area contributed by atoms with Gasteiger partial charge in [-0.05, 0) is 43.3 Å². The molecule has 39 heavy (non-hydrogen) atoms. The molecule has 0 saturated heterocycles. The van der Waals surface area contributed by atoms with Crippen molar-refractivity contribution in [1.29, 1.82) is 0 Å². The Morgan fingerprint density at radius 2 is 1.64 bits per heavy atom. The molecular formula is C33H38N4O2. The summed E-state index contributed by atoms with van der Waals surface area (Å²) < 4.78 is 2.22. The second kappa shape index (κ2) is 11.1. The van der Waals surface area contributed by atoms with Crippen molar-refractivity contribution < 1.29 is 9.59 Å². The topological polar surface area (TPSA) is 57.6 Å². The van der Waals surface area contributed by atoms with Crippen molar-refractivity contribution in [2.45, 2.75) is 32.4 Å². The van der Waals surface area contributed by atoms with E-state index < -0.39 is 12.1 Å². The van der Waals surface area contributed by atoms with E-state index in [1.165, 1.54) is 0 Å². The summed E-state index contributed by atoms with van der Waals surface area (Å²) in [6.45, 7) is 5.42. The van der Waals surface area contributed by atoms with Crippen LogP contribution in [-0.4, -0.2) is 59.4 Å². The number of fused-ring (bicyclic) bond motifs is 2. The van der Waals surface area contributed by atoms with Crippen LogP contribution >= 0.6 is 0 Å². The molecule has 5 rings (SSSR count). The molecular weight excluding hydrogens is 484 g/mol. The Hall–Kier alpha value is -3.90. The van der Waals surface area contributed by atoms with Gasteiger partial charge in [-0.15, -0.1) is 0 Å². The number of likely N-dealkylation sites (N-methyl/N-ethyl adjacent to an activating group) is 1. The highest BCUT2D eigenvalue weighted by Gasteiger charge is 2.47. The highest BCUT2D eigenvalue weighted by atomic mass is 16.2. The van der Waals surface area contributed by atoms with Crippen molar-refractivity contribution in [1.82, 2.24) is 19.7 Å². The maximum absolute atomic E-state index is 14.3. The summed E-state index contributed by atoms with van der Waals surface area (Å²) in [6, 6.07) is 25.5. The van der Waals surface area contributed by atoms with E-state index in [1.807, 2.05) is 78.5 Å². The number of carbonyl (C=O) groups excluding carboxylic acids is 2. The lowest BCUT2D eigenvalue weighted by Gasteiger charge is -2.36. The zero-order valence-electron chi connectivity index (χ0n) is 23.5. The van der Waals surface area contributed by atoms with Gasteiger partial charge in [0, 0.05) is 42.2 Å². The third kappa shape index (κ3) is 4.74. The third-order valence-electron chi connectivity index (χ3n) is 8.07. The number of nitrogens with zero attached hydrogens (tertiary/aromatic N) is 3. The number of hydrogen-bond acceptors (Lipinski definition) is 3. The van der Waals surface area contributed by atoms with Crippen LogP contribution in [0, 0.1) is 5.92 Å². The van der Waals surface area contributed by atoms with E-state index in [9.17, 15) is 9.59 Å². The van der Waals surface area contributed by atoms with Gasteiger partial charge in [0.1, 0.15) is 6.04 Å². The van der Waals surface area contributed by atoms with Gasteiger partial charge in [0.2, 0.25) is 5.91 Å². The lowest BCUT2D eigenvalue weighted by molar-refractivity contribution is -0.127. The molecule has 1 aliphatic rings. The second-order valence-corrected chi connectivity index (χ2v) is 10.8. The largest absolute Gasteiger partial charge is 0.353 e. The van der Waals surface area contributed by atoms with Gasteiger partial charge in [-0.2, -0.15) is 0 Å².